The number of ether oxygens (including phenoxy) is 2. The summed E-state index contributed by atoms with van der Waals surface area (Å²) in [5, 5.41) is 20.5. The lowest BCUT2D eigenvalue weighted by molar-refractivity contribution is -0.139. The van der Waals surface area contributed by atoms with Gasteiger partial charge in [0.1, 0.15) is 5.75 Å². The maximum absolute atomic E-state index is 12.0. The summed E-state index contributed by atoms with van der Waals surface area (Å²) in [7, 11) is 0. The third-order valence-corrected chi connectivity index (χ3v) is 9.35. The third-order valence-electron chi connectivity index (χ3n) is 9.35. The van der Waals surface area contributed by atoms with Gasteiger partial charge in [-0.2, -0.15) is 0 Å². The van der Waals surface area contributed by atoms with Gasteiger partial charge in [0.25, 0.3) is 0 Å². The Morgan fingerprint density at radius 2 is 1.42 bits per heavy atom. The SMILES string of the molecule is C=C(C)C(=O)OCCCc1cc(-c2ccc(-c3ccc(CCCCC)cc3)cc2CC)ccc1OCCC(CO)(CO)CCC(C)(C)C. The molecule has 3 rings (SSSR count). The highest BCUT2D eigenvalue weighted by Crippen LogP contribution is 2.36. The summed E-state index contributed by atoms with van der Waals surface area (Å²) >= 11 is 0. The number of aryl methyl sites for hydroxylation is 3. The van der Waals surface area contributed by atoms with Gasteiger partial charge in [-0.25, -0.2) is 4.79 Å². The number of hydrogen-bond donors (Lipinski definition) is 2. The molecular formula is C43H60O5. The lowest BCUT2D eigenvalue weighted by atomic mass is 9.76. The van der Waals surface area contributed by atoms with Gasteiger partial charge in [0.05, 0.1) is 26.4 Å². The van der Waals surface area contributed by atoms with E-state index >= 15 is 0 Å². The fourth-order valence-corrected chi connectivity index (χ4v) is 5.93. The van der Waals surface area contributed by atoms with Crippen molar-refractivity contribution < 1.29 is 24.5 Å². The van der Waals surface area contributed by atoms with Crippen molar-refractivity contribution in [2.45, 2.75) is 106 Å². The zero-order valence-corrected chi connectivity index (χ0v) is 30.5. The average molecular weight is 657 g/mol. The molecule has 0 atom stereocenters. The van der Waals surface area contributed by atoms with Crippen molar-refractivity contribution in [3.63, 3.8) is 0 Å². The van der Waals surface area contributed by atoms with E-state index in [9.17, 15) is 15.0 Å². The topological polar surface area (TPSA) is 76.0 Å². The number of aliphatic hydroxyl groups is 2. The molecule has 262 valence electrons. The second kappa shape index (κ2) is 19.0. The van der Waals surface area contributed by atoms with Gasteiger partial charge >= 0.3 is 5.97 Å². The molecular weight excluding hydrogens is 596 g/mol. The molecule has 5 heteroatoms. The summed E-state index contributed by atoms with van der Waals surface area (Å²) in [4.78, 5) is 12.0. The minimum atomic E-state index is -0.586. The van der Waals surface area contributed by atoms with Gasteiger partial charge in [0, 0.05) is 11.0 Å². The van der Waals surface area contributed by atoms with Crippen LogP contribution >= 0.6 is 0 Å². The molecule has 0 saturated heterocycles. The normalized spacial score (nSPS) is 11.8. The first-order valence-corrected chi connectivity index (χ1v) is 18.0. The maximum Gasteiger partial charge on any atom is 0.333 e. The smallest absolute Gasteiger partial charge is 0.333 e. The maximum atomic E-state index is 12.0. The Hall–Kier alpha value is -3.41. The van der Waals surface area contributed by atoms with Gasteiger partial charge in [-0.15, -0.1) is 0 Å². The summed E-state index contributed by atoms with van der Waals surface area (Å²) in [5.41, 5.74) is 8.40. The molecule has 48 heavy (non-hydrogen) atoms. The van der Waals surface area contributed by atoms with E-state index in [1.807, 2.05) is 6.07 Å². The second-order valence-electron chi connectivity index (χ2n) is 14.7. The van der Waals surface area contributed by atoms with E-state index in [0.717, 1.165) is 42.6 Å². The Morgan fingerprint density at radius 3 is 2.04 bits per heavy atom. The Kier molecular flexibility index (Phi) is 15.4. The highest BCUT2D eigenvalue weighted by Gasteiger charge is 2.30. The second-order valence-corrected chi connectivity index (χ2v) is 14.7. The van der Waals surface area contributed by atoms with Gasteiger partial charge in [0.15, 0.2) is 0 Å². The van der Waals surface area contributed by atoms with Crippen molar-refractivity contribution in [2.24, 2.45) is 10.8 Å². The van der Waals surface area contributed by atoms with Crippen LogP contribution in [0.1, 0.15) is 103 Å². The van der Waals surface area contributed by atoms with Crippen LogP contribution in [0.3, 0.4) is 0 Å². The highest BCUT2D eigenvalue weighted by molar-refractivity contribution is 5.86. The zero-order chi connectivity index (χ0) is 35.2. The first-order chi connectivity index (χ1) is 22.9. The van der Waals surface area contributed by atoms with Crippen LogP contribution in [-0.2, 0) is 28.8 Å². The Balaban J connectivity index is 1.84. The van der Waals surface area contributed by atoms with Crippen molar-refractivity contribution in [1.82, 2.24) is 0 Å². The van der Waals surface area contributed by atoms with E-state index in [1.54, 1.807) is 6.92 Å². The van der Waals surface area contributed by atoms with Crippen LogP contribution in [0.15, 0.2) is 72.8 Å². The predicted octanol–water partition coefficient (Wildman–Crippen LogP) is 9.93. The number of aliphatic hydroxyl groups excluding tert-OH is 2. The molecule has 0 bridgehead atoms. The monoisotopic (exact) mass is 656 g/mol. The number of esters is 1. The van der Waals surface area contributed by atoms with Crippen molar-refractivity contribution in [3.8, 4) is 28.0 Å². The van der Waals surface area contributed by atoms with Gasteiger partial charge in [-0.1, -0.05) is 103 Å². The van der Waals surface area contributed by atoms with Crippen LogP contribution in [0.2, 0.25) is 0 Å². The molecule has 0 aliphatic heterocycles. The van der Waals surface area contributed by atoms with Crippen LogP contribution in [0, 0.1) is 10.8 Å². The van der Waals surface area contributed by atoms with Crippen LogP contribution in [0.5, 0.6) is 5.75 Å². The molecule has 2 N–H and O–H groups in total. The van der Waals surface area contributed by atoms with Crippen molar-refractivity contribution >= 4 is 5.97 Å². The Labute approximate surface area is 290 Å². The van der Waals surface area contributed by atoms with Gasteiger partial charge in [-0.05, 0) is 115 Å². The minimum absolute atomic E-state index is 0.0816. The molecule has 0 heterocycles. The van der Waals surface area contributed by atoms with Crippen LogP contribution in [0.25, 0.3) is 22.3 Å². The zero-order valence-electron chi connectivity index (χ0n) is 30.5. The molecule has 0 aliphatic rings. The highest BCUT2D eigenvalue weighted by atomic mass is 16.5. The van der Waals surface area contributed by atoms with E-state index in [4.69, 9.17) is 9.47 Å². The van der Waals surface area contributed by atoms with E-state index in [2.05, 4.69) is 95.8 Å². The average Bonchev–Trinajstić information content (AvgIpc) is 3.08. The van der Waals surface area contributed by atoms with Gasteiger partial charge < -0.3 is 19.7 Å². The number of hydrogen-bond acceptors (Lipinski definition) is 5. The molecule has 0 amide bonds. The van der Waals surface area contributed by atoms with E-state index < -0.39 is 5.41 Å². The van der Waals surface area contributed by atoms with Gasteiger partial charge in [0.2, 0.25) is 0 Å². The van der Waals surface area contributed by atoms with Gasteiger partial charge in [-0.3, -0.25) is 0 Å². The summed E-state index contributed by atoms with van der Waals surface area (Å²) in [5.74, 6) is 0.401. The fourth-order valence-electron chi connectivity index (χ4n) is 5.93. The van der Waals surface area contributed by atoms with Crippen molar-refractivity contribution in [1.29, 1.82) is 0 Å². The van der Waals surface area contributed by atoms with E-state index in [1.165, 1.54) is 47.1 Å². The minimum Gasteiger partial charge on any atom is -0.493 e. The molecule has 0 aliphatic carbocycles. The summed E-state index contributed by atoms with van der Waals surface area (Å²) in [6, 6.07) is 22.1. The molecule has 0 radical (unpaired) electrons. The number of carbonyl (C=O) groups excluding carboxylic acids is 1. The lowest BCUT2D eigenvalue weighted by Gasteiger charge is -2.32. The Morgan fingerprint density at radius 1 is 0.750 bits per heavy atom. The molecule has 0 saturated carbocycles. The summed E-state index contributed by atoms with van der Waals surface area (Å²) in [6.45, 7) is 16.8. The molecule has 3 aromatic carbocycles. The molecule has 0 spiro atoms. The van der Waals surface area contributed by atoms with Crippen molar-refractivity contribution in [3.05, 3.63) is 89.5 Å². The quantitative estimate of drug-likeness (QED) is 0.0719. The van der Waals surface area contributed by atoms with Crippen molar-refractivity contribution in [2.75, 3.05) is 26.4 Å². The molecule has 5 nitrogen and oxygen atoms in total. The predicted molar refractivity (Wildman–Crippen MR) is 199 cm³/mol. The van der Waals surface area contributed by atoms with Crippen LogP contribution < -0.4 is 4.74 Å². The largest absolute Gasteiger partial charge is 0.493 e. The lowest BCUT2D eigenvalue weighted by Crippen LogP contribution is -2.33. The van der Waals surface area contributed by atoms with E-state index in [-0.39, 0.29) is 24.6 Å². The first kappa shape index (κ1) is 39.0. The molecule has 0 aromatic heterocycles. The summed E-state index contributed by atoms with van der Waals surface area (Å²) in [6.07, 6.45) is 9.28. The molecule has 3 aromatic rings. The third kappa shape index (κ3) is 11.9. The number of benzene rings is 3. The molecule has 0 unspecified atom stereocenters. The fraction of sp³-hybridized carbons (Fsp3) is 0.512. The Bertz CT molecular complexity index is 1440. The molecule has 0 fully saturated rings. The standard InChI is InChI=1S/C43H60O5/c1-8-10-11-13-33-15-17-35(18-16-33)36-19-21-39(34(9-2)28-36)37-20-22-40(38(29-37)14-12-26-48-41(46)32(3)4)47-27-25-43(30-44,31-45)24-23-42(5,6)7/h15-22,28-29,44-45H,3,8-14,23-27,30-31H2,1-2,4-7H3. The van der Waals surface area contributed by atoms with Crippen LogP contribution in [0.4, 0.5) is 0 Å². The summed E-state index contributed by atoms with van der Waals surface area (Å²) < 4.78 is 11.7. The first-order valence-electron chi connectivity index (χ1n) is 18.0. The number of carbonyl (C=O) groups is 1. The number of unbranched alkanes of at least 4 members (excludes halogenated alkanes) is 2. The van der Waals surface area contributed by atoms with Crippen LogP contribution in [-0.4, -0.2) is 42.6 Å². The number of rotatable bonds is 20. The van der Waals surface area contributed by atoms with E-state index in [0.29, 0.717) is 38.0 Å².